The fourth-order valence-corrected chi connectivity index (χ4v) is 1.40. The topological polar surface area (TPSA) is 65.4 Å². The highest BCUT2D eigenvalue weighted by Gasteiger charge is 2.30. The van der Waals surface area contributed by atoms with E-state index in [0.717, 1.165) is 11.1 Å². The van der Waals surface area contributed by atoms with Gasteiger partial charge in [0.25, 0.3) is 5.91 Å². The van der Waals surface area contributed by atoms with Gasteiger partial charge >= 0.3 is 0 Å². The maximum atomic E-state index is 11.3. The Labute approximate surface area is 93.8 Å². The third-order valence-electron chi connectivity index (χ3n) is 2.51. The average Bonchev–Trinajstić information content (AvgIpc) is 3.11. The molecule has 1 aromatic rings. The number of amides is 1. The number of hydrogen-bond acceptors (Lipinski definition) is 3. The SMILES string of the molecule is Cc1ccc(CNC(=O)C2CO2)cc1C#N. The van der Waals surface area contributed by atoms with Crippen LogP contribution < -0.4 is 5.32 Å². The summed E-state index contributed by atoms with van der Waals surface area (Å²) < 4.78 is 4.86. The molecule has 82 valence electrons. The Hall–Kier alpha value is -1.86. The number of epoxide rings is 1. The van der Waals surface area contributed by atoms with Crippen molar-refractivity contribution in [3.05, 3.63) is 34.9 Å². The predicted molar refractivity (Wildman–Crippen MR) is 57.5 cm³/mol. The quantitative estimate of drug-likeness (QED) is 0.763. The Kier molecular flexibility index (Phi) is 2.88. The lowest BCUT2D eigenvalue weighted by molar-refractivity contribution is -0.122. The molecule has 1 saturated heterocycles. The van der Waals surface area contributed by atoms with Gasteiger partial charge in [-0.25, -0.2) is 0 Å². The second-order valence-electron chi connectivity index (χ2n) is 3.80. The minimum absolute atomic E-state index is 0.0842. The molecule has 4 heteroatoms. The van der Waals surface area contributed by atoms with E-state index in [4.69, 9.17) is 10.00 Å². The Morgan fingerprint density at radius 2 is 2.44 bits per heavy atom. The number of benzene rings is 1. The molecular formula is C12H12N2O2. The third kappa shape index (κ3) is 2.38. The smallest absolute Gasteiger partial charge is 0.251 e. The minimum atomic E-state index is -0.263. The first-order valence-corrected chi connectivity index (χ1v) is 5.09. The van der Waals surface area contributed by atoms with Crippen molar-refractivity contribution >= 4 is 5.91 Å². The summed E-state index contributed by atoms with van der Waals surface area (Å²) >= 11 is 0. The zero-order valence-electron chi connectivity index (χ0n) is 8.99. The van der Waals surface area contributed by atoms with Crippen LogP contribution in [0.1, 0.15) is 16.7 Å². The van der Waals surface area contributed by atoms with Gasteiger partial charge in [0.1, 0.15) is 0 Å². The molecular weight excluding hydrogens is 204 g/mol. The summed E-state index contributed by atoms with van der Waals surface area (Å²) in [5, 5.41) is 11.6. The third-order valence-corrected chi connectivity index (χ3v) is 2.51. The van der Waals surface area contributed by atoms with Crippen LogP contribution in [0, 0.1) is 18.3 Å². The van der Waals surface area contributed by atoms with Gasteiger partial charge in [-0.1, -0.05) is 12.1 Å². The molecule has 1 fully saturated rings. The summed E-state index contributed by atoms with van der Waals surface area (Å²) in [6.45, 7) is 2.84. The second-order valence-corrected chi connectivity index (χ2v) is 3.80. The molecule has 1 N–H and O–H groups in total. The molecule has 1 amide bonds. The Balaban J connectivity index is 1.99. The first kappa shape index (κ1) is 10.7. The summed E-state index contributed by atoms with van der Waals surface area (Å²) in [5.41, 5.74) is 2.52. The maximum absolute atomic E-state index is 11.3. The van der Waals surface area contributed by atoms with Crippen LogP contribution in [0.15, 0.2) is 18.2 Å². The van der Waals surface area contributed by atoms with E-state index in [1.807, 2.05) is 19.1 Å². The number of carbonyl (C=O) groups excluding carboxylic acids is 1. The molecule has 0 spiro atoms. The van der Waals surface area contributed by atoms with Gasteiger partial charge < -0.3 is 10.1 Å². The predicted octanol–water partition coefficient (Wildman–Crippen LogP) is 0.882. The van der Waals surface area contributed by atoms with E-state index in [9.17, 15) is 4.79 Å². The van der Waals surface area contributed by atoms with Gasteiger partial charge in [0.05, 0.1) is 18.2 Å². The zero-order chi connectivity index (χ0) is 11.5. The summed E-state index contributed by atoms with van der Waals surface area (Å²) in [7, 11) is 0. The van der Waals surface area contributed by atoms with E-state index in [1.165, 1.54) is 0 Å². The zero-order valence-corrected chi connectivity index (χ0v) is 8.99. The van der Waals surface area contributed by atoms with Gasteiger partial charge in [-0.05, 0) is 24.1 Å². The van der Waals surface area contributed by atoms with Gasteiger partial charge in [0, 0.05) is 6.54 Å². The van der Waals surface area contributed by atoms with Crippen LogP contribution in [0.25, 0.3) is 0 Å². The van der Waals surface area contributed by atoms with Crippen molar-refractivity contribution in [2.75, 3.05) is 6.61 Å². The first-order chi connectivity index (χ1) is 7.70. The molecule has 2 rings (SSSR count). The lowest BCUT2D eigenvalue weighted by atomic mass is 10.1. The lowest BCUT2D eigenvalue weighted by Crippen LogP contribution is -2.27. The molecule has 1 aromatic carbocycles. The number of ether oxygens (including phenoxy) is 1. The van der Waals surface area contributed by atoms with Crippen molar-refractivity contribution in [3.63, 3.8) is 0 Å². The van der Waals surface area contributed by atoms with Crippen molar-refractivity contribution in [3.8, 4) is 6.07 Å². The van der Waals surface area contributed by atoms with Crippen molar-refractivity contribution in [1.82, 2.24) is 5.32 Å². The Morgan fingerprint density at radius 1 is 1.69 bits per heavy atom. The molecule has 1 aliphatic rings. The molecule has 1 aliphatic heterocycles. The van der Waals surface area contributed by atoms with E-state index in [0.29, 0.717) is 18.7 Å². The summed E-state index contributed by atoms with van der Waals surface area (Å²) in [5.74, 6) is -0.0842. The van der Waals surface area contributed by atoms with Gasteiger partial charge in [-0.3, -0.25) is 4.79 Å². The number of nitriles is 1. The summed E-state index contributed by atoms with van der Waals surface area (Å²) in [4.78, 5) is 11.3. The summed E-state index contributed by atoms with van der Waals surface area (Å²) in [6.07, 6.45) is -0.263. The van der Waals surface area contributed by atoms with E-state index in [2.05, 4.69) is 11.4 Å². The molecule has 0 aromatic heterocycles. The van der Waals surface area contributed by atoms with E-state index >= 15 is 0 Å². The fourth-order valence-electron chi connectivity index (χ4n) is 1.40. The molecule has 0 bridgehead atoms. The molecule has 0 radical (unpaired) electrons. The number of aryl methyl sites for hydroxylation is 1. The highest BCUT2D eigenvalue weighted by Crippen LogP contribution is 2.11. The number of carbonyl (C=O) groups is 1. The second kappa shape index (κ2) is 4.33. The number of nitrogens with one attached hydrogen (secondary N) is 1. The Bertz CT molecular complexity index is 459. The van der Waals surface area contributed by atoms with Crippen molar-refractivity contribution in [2.24, 2.45) is 0 Å². The number of hydrogen-bond donors (Lipinski definition) is 1. The van der Waals surface area contributed by atoms with Crippen molar-refractivity contribution < 1.29 is 9.53 Å². The van der Waals surface area contributed by atoms with Crippen LogP contribution in [0.4, 0.5) is 0 Å². The largest absolute Gasteiger partial charge is 0.363 e. The molecule has 1 unspecified atom stereocenters. The molecule has 0 saturated carbocycles. The normalized spacial score (nSPS) is 17.6. The van der Waals surface area contributed by atoms with Gasteiger partial charge in [-0.15, -0.1) is 0 Å². The van der Waals surface area contributed by atoms with Crippen molar-refractivity contribution in [1.29, 1.82) is 5.26 Å². The number of rotatable bonds is 3. The maximum Gasteiger partial charge on any atom is 0.251 e. The highest BCUT2D eigenvalue weighted by atomic mass is 16.6. The van der Waals surface area contributed by atoms with E-state index in [1.54, 1.807) is 6.07 Å². The molecule has 1 atom stereocenters. The average molecular weight is 216 g/mol. The monoisotopic (exact) mass is 216 g/mol. The van der Waals surface area contributed by atoms with Crippen LogP contribution in [-0.4, -0.2) is 18.6 Å². The molecule has 16 heavy (non-hydrogen) atoms. The van der Waals surface area contributed by atoms with Crippen LogP contribution in [0.2, 0.25) is 0 Å². The Morgan fingerprint density at radius 3 is 3.06 bits per heavy atom. The van der Waals surface area contributed by atoms with Crippen molar-refractivity contribution in [2.45, 2.75) is 19.6 Å². The highest BCUT2D eigenvalue weighted by molar-refractivity contribution is 5.82. The lowest BCUT2D eigenvalue weighted by Gasteiger charge is -2.05. The minimum Gasteiger partial charge on any atom is -0.363 e. The van der Waals surface area contributed by atoms with Gasteiger partial charge in [0.2, 0.25) is 0 Å². The van der Waals surface area contributed by atoms with E-state index in [-0.39, 0.29) is 12.0 Å². The van der Waals surface area contributed by atoms with Crippen LogP contribution in [0.5, 0.6) is 0 Å². The first-order valence-electron chi connectivity index (χ1n) is 5.09. The molecule has 1 heterocycles. The standard InChI is InChI=1S/C12H12N2O2/c1-8-2-3-9(4-10(8)5-13)6-14-12(15)11-7-16-11/h2-4,11H,6-7H2,1H3,(H,14,15). The van der Waals surface area contributed by atoms with Crippen LogP contribution in [-0.2, 0) is 16.1 Å². The van der Waals surface area contributed by atoms with Gasteiger partial charge in [0.15, 0.2) is 6.10 Å². The van der Waals surface area contributed by atoms with Crippen LogP contribution in [0.3, 0.4) is 0 Å². The van der Waals surface area contributed by atoms with Gasteiger partial charge in [-0.2, -0.15) is 5.26 Å². The molecule has 0 aliphatic carbocycles. The number of nitrogens with zero attached hydrogens (tertiary/aromatic N) is 1. The molecule has 4 nitrogen and oxygen atoms in total. The fraction of sp³-hybridized carbons (Fsp3) is 0.333. The van der Waals surface area contributed by atoms with E-state index < -0.39 is 0 Å². The summed E-state index contributed by atoms with van der Waals surface area (Å²) in [6, 6.07) is 7.71. The van der Waals surface area contributed by atoms with Crippen LogP contribution >= 0.6 is 0 Å².